The van der Waals surface area contributed by atoms with E-state index >= 15 is 0 Å². The lowest BCUT2D eigenvalue weighted by atomic mass is 10.1. The van der Waals surface area contributed by atoms with Crippen LogP contribution in [0.4, 0.5) is 4.39 Å². The third-order valence-electron chi connectivity index (χ3n) is 5.13. The first-order valence-corrected chi connectivity index (χ1v) is 9.73. The first-order valence-electron chi connectivity index (χ1n) is 8.96. The summed E-state index contributed by atoms with van der Waals surface area (Å²) in [5, 5.41) is 9.36. The van der Waals surface area contributed by atoms with Crippen LogP contribution in [0.5, 0.6) is 0 Å². The number of carbonyl (C=O) groups excluding carboxylic acids is 1. The van der Waals surface area contributed by atoms with Crippen molar-refractivity contribution in [2.24, 2.45) is 0 Å². The average Bonchev–Trinajstić information content (AvgIpc) is 3.24. The first-order chi connectivity index (χ1) is 13.1. The highest BCUT2D eigenvalue weighted by atomic mass is 32.1. The smallest absolute Gasteiger partial charge is 0.257 e. The van der Waals surface area contributed by atoms with Gasteiger partial charge in [-0.1, -0.05) is 12.1 Å². The van der Waals surface area contributed by atoms with Crippen molar-refractivity contribution in [3.05, 3.63) is 47.3 Å². The van der Waals surface area contributed by atoms with Crippen molar-refractivity contribution in [1.29, 1.82) is 0 Å². The molecule has 0 spiro atoms. The number of amides is 1. The third-order valence-corrected chi connectivity index (χ3v) is 5.85. The molecule has 1 aliphatic heterocycles. The van der Waals surface area contributed by atoms with Crippen LogP contribution in [-0.2, 0) is 6.54 Å². The Morgan fingerprint density at radius 1 is 1.22 bits per heavy atom. The number of hydrogen-bond acceptors (Lipinski definition) is 6. The minimum absolute atomic E-state index is 0.0794. The second-order valence-electron chi connectivity index (χ2n) is 6.92. The Kier molecular flexibility index (Phi) is 3.78. The number of halogens is 1. The molecule has 9 heteroatoms. The minimum atomic E-state index is -0.510. The zero-order valence-corrected chi connectivity index (χ0v) is 15.5. The van der Waals surface area contributed by atoms with E-state index < -0.39 is 5.82 Å². The Morgan fingerprint density at radius 3 is 2.81 bits per heavy atom. The van der Waals surface area contributed by atoms with Crippen LogP contribution < -0.4 is 0 Å². The van der Waals surface area contributed by atoms with Crippen LogP contribution in [-0.4, -0.2) is 41.5 Å². The van der Waals surface area contributed by atoms with Gasteiger partial charge in [-0.05, 0) is 43.4 Å². The lowest BCUT2D eigenvalue weighted by Crippen LogP contribution is -2.41. The predicted octanol–water partition coefficient (Wildman–Crippen LogP) is 3.03. The highest BCUT2D eigenvalue weighted by Gasteiger charge is 2.34. The van der Waals surface area contributed by atoms with Crippen molar-refractivity contribution in [2.45, 2.75) is 38.3 Å². The molecular formula is C18H17FN6OS. The molecule has 1 fully saturated rings. The van der Waals surface area contributed by atoms with Gasteiger partial charge in [0.15, 0.2) is 16.7 Å². The quantitative estimate of drug-likeness (QED) is 0.694. The number of rotatable bonds is 3. The summed E-state index contributed by atoms with van der Waals surface area (Å²) < 4.78 is 20.5. The summed E-state index contributed by atoms with van der Waals surface area (Å²) in [4.78, 5) is 19.1. The Labute approximate surface area is 159 Å². The van der Waals surface area contributed by atoms with E-state index in [9.17, 15) is 9.18 Å². The average molecular weight is 384 g/mol. The molecule has 1 atom stereocenters. The standard InChI is InChI=1S/C18H17FN6OS/c1-10-15-21-22-16(17-20-14(23-27-17)11-6-7-11)25(15)9-8-24(10)18(26)12-4-2-3-5-13(12)19/h2-5,10-11H,6-9H2,1H3/t10-/m1/s1. The summed E-state index contributed by atoms with van der Waals surface area (Å²) in [5.74, 6) is 1.93. The van der Waals surface area contributed by atoms with Gasteiger partial charge in [0.2, 0.25) is 0 Å². The van der Waals surface area contributed by atoms with Gasteiger partial charge in [0.05, 0.1) is 11.6 Å². The van der Waals surface area contributed by atoms with Crippen LogP contribution in [0.3, 0.4) is 0 Å². The molecule has 5 rings (SSSR count). The Balaban J connectivity index is 1.44. The molecule has 1 aromatic carbocycles. The van der Waals surface area contributed by atoms with Gasteiger partial charge in [0.1, 0.15) is 11.6 Å². The summed E-state index contributed by atoms with van der Waals surface area (Å²) in [5.41, 5.74) is 0.0794. The fraction of sp³-hybridized carbons (Fsp3) is 0.389. The first kappa shape index (κ1) is 16.5. The summed E-state index contributed by atoms with van der Waals surface area (Å²) >= 11 is 1.34. The van der Waals surface area contributed by atoms with E-state index in [-0.39, 0.29) is 17.5 Å². The number of fused-ring (bicyclic) bond motifs is 1. The van der Waals surface area contributed by atoms with Crippen molar-refractivity contribution in [3.8, 4) is 10.8 Å². The van der Waals surface area contributed by atoms with Gasteiger partial charge in [-0.25, -0.2) is 9.37 Å². The van der Waals surface area contributed by atoms with Crippen molar-refractivity contribution in [1.82, 2.24) is 29.0 Å². The van der Waals surface area contributed by atoms with Crippen LogP contribution in [0.2, 0.25) is 0 Å². The maximum atomic E-state index is 14.0. The van der Waals surface area contributed by atoms with Gasteiger partial charge in [-0.15, -0.1) is 10.2 Å². The predicted molar refractivity (Wildman–Crippen MR) is 96.8 cm³/mol. The second-order valence-corrected chi connectivity index (χ2v) is 7.67. The molecule has 2 aliphatic rings. The van der Waals surface area contributed by atoms with Crippen molar-refractivity contribution >= 4 is 17.4 Å². The zero-order chi connectivity index (χ0) is 18.5. The fourth-order valence-corrected chi connectivity index (χ4v) is 4.18. The van der Waals surface area contributed by atoms with E-state index in [1.165, 1.54) is 23.7 Å². The molecule has 1 aliphatic carbocycles. The summed E-state index contributed by atoms with van der Waals surface area (Å²) in [6.07, 6.45) is 2.30. The Bertz CT molecular complexity index is 1030. The summed E-state index contributed by atoms with van der Waals surface area (Å²) in [7, 11) is 0. The van der Waals surface area contributed by atoms with Crippen molar-refractivity contribution in [2.75, 3.05) is 6.54 Å². The Morgan fingerprint density at radius 2 is 2.04 bits per heavy atom. The molecule has 0 unspecified atom stereocenters. The number of nitrogens with zero attached hydrogens (tertiary/aromatic N) is 6. The summed E-state index contributed by atoms with van der Waals surface area (Å²) in [6.45, 7) is 2.89. The van der Waals surface area contributed by atoms with Gasteiger partial charge in [-0.3, -0.25) is 4.79 Å². The number of hydrogen-bond donors (Lipinski definition) is 0. The Hall–Kier alpha value is -2.68. The molecular weight excluding hydrogens is 367 g/mol. The molecule has 0 N–H and O–H groups in total. The zero-order valence-electron chi connectivity index (χ0n) is 14.7. The second kappa shape index (κ2) is 6.19. The minimum Gasteiger partial charge on any atom is -0.327 e. The summed E-state index contributed by atoms with van der Waals surface area (Å²) in [6, 6.07) is 5.75. The monoisotopic (exact) mass is 384 g/mol. The lowest BCUT2D eigenvalue weighted by molar-refractivity contribution is 0.0633. The number of aromatic nitrogens is 5. The van der Waals surface area contributed by atoms with Crippen LogP contribution in [0.1, 0.15) is 53.7 Å². The van der Waals surface area contributed by atoms with Crippen molar-refractivity contribution < 1.29 is 9.18 Å². The van der Waals surface area contributed by atoms with E-state index in [0.29, 0.717) is 30.7 Å². The van der Waals surface area contributed by atoms with E-state index in [2.05, 4.69) is 19.6 Å². The number of benzene rings is 1. The van der Waals surface area contributed by atoms with Crippen LogP contribution >= 0.6 is 11.5 Å². The maximum Gasteiger partial charge on any atom is 0.257 e. The SMILES string of the molecule is C[C@@H]1c2nnc(-c3nc(C4CC4)ns3)n2CCN1C(=O)c1ccccc1F. The molecule has 0 saturated heterocycles. The molecule has 0 radical (unpaired) electrons. The largest absolute Gasteiger partial charge is 0.327 e. The topological polar surface area (TPSA) is 76.8 Å². The van der Waals surface area contributed by atoms with Crippen LogP contribution in [0.15, 0.2) is 24.3 Å². The van der Waals surface area contributed by atoms with E-state index in [4.69, 9.17) is 0 Å². The van der Waals surface area contributed by atoms with Gasteiger partial charge < -0.3 is 9.47 Å². The van der Waals surface area contributed by atoms with Gasteiger partial charge in [0.25, 0.3) is 5.91 Å². The molecule has 1 amide bonds. The lowest BCUT2D eigenvalue weighted by Gasteiger charge is -2.33. The van der Waals surface area contributed by atoms with E-state index in [1.807, 2.05) is 11.5 Å². The van der Waals surface area contributed by atoms with Gasteiger partial charge >= 0.3 is 0 Å². The molecule has 3 heterocycles. The molecule has 0 bridgehead atoms. The maximum absolute atomic E-state index is 14.0. The molecule has 3 aromatic rings. The van der Waals surface area contributed by atoms with Crippen LogP contribution in [0.25, 0.3) is 10.8 Å². The molecule has 1 saturated carbocycles. The van der Waals surface area contributed by atoms with Gasteiger partial charge in [0, 0.05) is 19.0 Å². The van der Waals surface area contributed by atoms with Gasteiger partial charge in [-0.2, -0.15) is 4.37 Å². The molecule has 27 heavy (non-hydrogen) atoms. The normalized spacial score (nSPS) is 19.2. The van der Waals surface area contributed by atoms with Crippen molar-refractivity contribution in [3.63, 3.8) is 0 Å². The number of carbonyl (C=O) groups is 1. The van der Waals surface area contributed by atoms with Crippen LogP contribution in [0, 0.1) is 5.82 Å². The highest BCUT2D eigenvalue weighted by Crippen LogP contribution is 2.40. The molecule has 138 valence electrons. The molecule has 7 nitrogen and oxygen atoms in total. The van der Waals surface area contributed by atoms with E-state index in [0.717, 1.165) is 23.7 Å². The van der Waals surface area contributed by atoms with E-state index in [1.54, 1.807) is 17.0 Å². The molecule has 2 aromatic heterocycles. The third kappa shape index (κ3) is 2.73. The highest BCUT2D eigenvalue weighted by molar-refractivity contribution is 7.09. The fourth-order valence-electron chi connectivity index (χ4n) is 3.44.